The maximum atomic E-state index is 12.6. The molecule has 0 aromatic heterocycles. The molecule has 2 aromatic rings. The Morgan fingerprint density at radius 2 is 1.81 bits per heavy atom. The maximum Gasteiger partial charge on any atom is 0.294 e. The zero-order valence-corrected chi connectivity index (χ0v) is 15.5. The summed E-state index contributed by atoms with van der Waals surface area (Å²) in [5.74, 6) is -0.285. The van der Waals surface area contributed by atoms with Crippen LogP contribution in [0.3, 0.4) is 0 Å². The van der Waals surface area contributed by atoms with Crippen molar-refractivity contribution >= 4 is 40.6 Å². The maximum absolute atomic E-state index is 12.6. The van der Waals surface area contributed by atoms with Gasteiger partial charge in [-0.3, -0.25) is 19.3 Å². The van der Waals surface area contributed by atoms with Crippen molar-refractivity contribution in [3.8, 4) is 5.75 Å². The smallest absolute Gasteiger partial charge is 0.294 e. The Labute approximate surface area is 161 Å². The standard InChI is InChI=1S/C20H18N2O4S/c1-2-26-16-11-7-6-8-14(16)12-17-19(24)22(20(25)27-17)13-18(23)21-15-9-4-3-5-10-15/h3-12H,2,13H2,1H3,(H,21,23)/b17-12+. The van der Waals surface area contributed by atoms with Crippen LogP contribution in [-0.2, 0) is 9.59 Å². The van der Waals surface area contributed by atoms with E-state index in [1.165, 1.54) is 0 Å². The molecule has 7 heteroatoms. The molecule has 0 bridgehead atoms. The summed E-state index contributed by atoms with van der Waals surface area (Å²) in [6, 6.07) is 16.1. The first-order chi connectivity index (χ1) is 13.1. The normalized spacial score (nSPS) is 15.3. The zero-order valence-electron chi connectivity index (χ0n) is 14.7. The Morgan fingerprint density at radius 1 is 1.11 bits per heavy atom. The summed E-state index contributed by atoms with van der Waals surface area (Å²) in [6.07, 6.45) is 1.62. The second kappa shape index (κ2) is 8.55. The van der Waals surface area contributed by atoms with E-state index in [0.29, 0.717) is 23.6 Å². The van der Waals surface area contributed by atoms with Crippen LogP contribution in [0.2, 0.25) is 0 Å². The molecule has 0 radical (unpaired) electrons. The Hall–Kier alpha value is -3.06. The molecule has 2 aromatic carbocycles. The summed E-state index contributed by atoms with van der Waals surface area (Å²) in [7, 11) is 0. The number of rotatable bonds is 6. The second-order valence-electron chi connectivity index (χ2n) is 5.65. The molecule has 0 unspecified atom stereocenters. The lowest BCUT2D eigenvalue weighted by Crippen LogP contribution is -2.36. The van der Waals surface area contributed by atoms with Gasteiger partial charge in [-0.05, 0) is 43.0 Å². The Balaban J connectivity index is 1.72. The van der Waals surface area contributed by atoms with Gasteiger partial charge in [-0.2, -0.15) is 0 Å². The molecule has 27 heavy (non-hydrogen) atoms. The van der Waals surface area contributed by atoms with E-state index in [1.807, 2.05) is 25.1 Å². The van der Waals surface area contributed by atoms with Crippen LogP contribution in [0.25, 0.3) is 6.08 Å². The molecule has 3 amide bonds. The number of nitrogens with one attached hydrogen (secondary N) is 1. The number of amides is 3. The van der Waals surface area contributed by atoms with Crippen molar-refractivity contribution in [2.75, 3.05) is 18.5 Å². The SMILES string of the molecule is CCOc1ccccc1/C=C1/SC(=O)N(CC(=O)Nc2ccccc2)C1=O. The van der Waals surface area contributed by atoms with Gasteiger partial charge in [0.2, 0.25) is 5.91 Å². The molecule has 1 saturated heterocycles. The number of anilines is 1. The molecule has 0 aliphatic carbocycles. The van der Waals surface area contributed by atoms with Crippen LogP contribution in [0.15, 0.2) is 59.5 Å². The molecule has 6 nitrogen and oxygen atoms in total. The molecule has 3 rings (SSSR count). The highest BCUT2D eigenvalue weighted by molar-refractivity contribution is 8.18. The van der Waals surface area contributed by atoms with E-state index in [-0.39, 0.29) is 11.4 Å². The van der Waals surface area contributed by atoms with E-state index in [1.54, 1.807) is 42.5 Å². The number of para-hydroxylation sites is 2. The quantitative estimate of drug-likeness (QED) is 0.770. The minimum atomic E-state index is -0.487. The van der Waals surface area contributed by atoms with Gasteiger partial charge in [0.25, 0.3) is 11.1 Å². The van der Waals surface area contributed by atoms with Crippen molar-refractivity contribution in [2.24, 2.45) is 0 Å². The zero-order chi connectivity index (χ0) is 19.2. The minimum Gasteiger partial charge on any atom is -0.493 e. The van der Waals surface area contributed by atoms with Crippen molar-refractivity contribution in [3.05, 3.63) is 65.1 Å². The van der Waals surface area contributed by atoms with Crippen LogP contribution in [-0.4, -0.2) is 35.1 Å². The van der Waals surface area contributed by atoms with E-state index < -0.39 is 17.1 Å². The highest BCUT2D eigenvalue weighted by atomic mass is 32.2. The molecule has 1 heterocycles. The molecule has 0 atom stereocenters. The molecular formula is C20H18N2O4S. The molecule has 1 aliphatic rings. The third kappa shape index (κ3) is 4.57. The molecule has 1 aliphatic heterocycles. The monoisotopic (exact) mass is 382 g/mol. The summed E-state index contributed by atoms with van der Waals surface area (Å²) in [5, 5.41) is 2.20. The van der Waals surface area contributed by atoms with Crippen LogP contribution in [0.1, 0.15) is 12.5 Å². The fraction of sp³-hybridized carbons (Fsp3) is 0.150. The molecular weight excluding hydrogens is 364 g/mol. The predicted molar refractivity (Wildman–Crippen MR) is 105 cm³/mol. The predicted octanol–water partition coefficient (Wildman–Crippen LogP) is 3.76. The topological polar surface area (TPSA) is 75.7 Å². The first-order valence-corrected chi connectivity index (χ1v) is 9.22. The third-order valence-corrected chi connectivity index (χ3v) is 4.65. The van der Waals surface area contributed by atoms with Crippen molar-refractivity contribution in [3.63, 3.8) is 0 Å². The van der Waals surface area contributed by atoms with Crippen LogP contribution >= 0.6 is 11.8 Å². The molecule has 0 saturated carbocycles. The van der Waals surface area contributed by atoms with Crippen LogP contribution < -0.4 is 10.1 Å². The summed E-state index contributed by atoms with van der Waals surface area (Å²) in [5.41, 5.74) is 1.31. The van der Waals surface area contributed by atoms with E-state index in [4.69, 9.17) is 4.74 Å². The Morgan fingerprint density at radius 3 is 2.56 bits per heavy atom. The van der Waals surface area contributed by atoms with Gasteiger partial charge < -0.3 is 10.1 Å². The summed E-state index contributed by atoms with van der Waals surface area (Å²) in [4.78, 5) is 38.1. The van der Waals surface area contributed by atoms with Crippen molar-refractivity contribution in [1.29, 1.82) is 0 Å². The summed E-state index contributed by atoms with van der Waals surface area (Å²) >= 11 is 0.815. The van der Waals surface area contributed by atoms with Gasteiger partial charge in [0.1, 0.15) is 12.3 Å². The lowest BCUT2D eigenvalue weighted by atomic mass is 10.2. The second-order valence-corrected chi connectivity index (χ2v) is 6.65. The number of imide groups is 1. The van der Waals surface area contributed by atoms with Gasteiger partial charge in [-0.1, -0.05) is 36.4 Å². The van der Waals surface area contributed by atoms with Crippen molar-refractivity contribution in [1.82, 2.24) is 4.90 Å². The fourth-order valence-corrected chi connectivity index (χ4v) is 3.36. The largest absolute Gasteiger partial charge is 0.493 e. The molecule has 138 valence electrons. The number of hydrogen-bond acceptors (Lipinski definition) is 5. The van der Waals surface area contributed by atoms with Crippen molar-refractivity contribution < 1.29 is 19.1 Å². The number of benzene rings is 2. The number of carbonyl (C=O) groups is 3. The van der Waals surface area contributed by atoms with Crippen LogP contribution in [0, 0.1) is 0 Å². The molecule has 1 N–H and O–H groups in total. The number of hydrogen-bond donors (Lipinski definition) is 1. The Kier molecular flexibility index (Phi) is 5.93. The first kappa shape index (κ1) is 18.7. The lowest BCUT2D eigenvalue weighted by molar-refractivity contribution is -0.127. The highest BCUT2D eigenvalue weighted by Gasteiger charge is 2.36. The Bertz CT molecular complexity index is 896. The lowest BCUT2D eigenvalue weighted by Gasteiger charge is -2.12. The fourth-order valence-electron chi connectivity index (χ4n) is 2.53. The van der Waals surface area contributed by atoms with Gasteiger partial charge in [0, 0.05) is 11.3 Å². The van der Waals surface area contributed by atoms with Gasteiger partial charge in [-0.25, -0.2) is 0 Å². The first-order valence-electron chi connectivity index (χ1n) is 8.40. The number of thioether (sulfide) groups is 1. The van der Waals surface area contributed by atoms with Gasteiger partial charge >= 0.3 is 0 Å². The minimum absolute atomic E-state index is 0.264. The molecule has 0 spiro atoms. The third-order valence-electron chi connectivity index (χ3n) is 3.74. The highest BCUT2D eigenvalue weighted by Crippen LogP contribution is 2.33. The van der Waals surface area contributed by atoms with Crippen LogP contribution in [0.4, 0.5) is 10.5 Å². The summed E-state index contributed by atoms with van der Waals surface area (Å²) in [6.45, 7) is 2.03. The average molecular weight is 382 g/mol. The average Bonchev–Trinajstić information content (AvgIpc) is 2.92. The van der Waals surface area contributed by atoms with E-state index >= 15 is 0 Å². The number of carbonyl (C=O) groups excluding carboxylic acids is 3. The van der Waals surface area contributed by atoms with Gasteiger partial charge in [0.05, 0.1) is 11.5 Å². The van der Waals surface area contributed by atoms with E-state index in [0.717, 1.165) is 16.7 Å². The number of ether oxygens (including phenoxy) is 1. The summed E-state index contributed by atoms with van der Waals surface area (Å²) < 4.78 is 5.54. The van der Waals surface area contributed by atoms with Crippen molar-refractivity contribution in [2.45, 2.75) is 6.92 Å². The van der Waals surface area contributed by atoms with Gasteiger partial charge in [-0.15, -0.1) is 0 Å². The van der Waals surface area contributed by atoms with Gasteiger partial charge in [0.15, 0.2) is 0 Å². The van der Waals surface area contributed by atoms with Crippen LogP contribution in [0.5, 0.6) is 5.75 Å². The van der Waals surface area contributed by atoms with E-state index in [2.05, 4.69) is 5.32 Å². The molecule has 1 fully saturated rings. The number of nitrogens with zero attached hydrogens (tertiary/aromatic N) is 1. The van der Waals surface area contributed by atoms with E-state index in [9.17, 15) is 14.4 Å².